The number of aryl methyl sites for hydroxylation is 2. The molecule has 0 aromatic heterocycles. The van der Waals surface area contributed by atoms with Crippen molar-refractivity contribution in [2.75, 3.05) is 5.32 Å². The summed E-state index contributed by atoms with van der Waals surface area (Å²) < 4.78 is 0. The number of rotatable bonds is 4. The molecule has 4 heteroatoms. The summed E-state index contributed by atoms with van der Waals surface area (Å²) >= 11 is 0. The Bertz CT molecular complexity index is 485. The zero-order valence-electron chi connectivity index (χ0n) is 12.2. The highest BCUT2D eigenvalue weighted by atomic mass is 16.2. The van der Waals surface area contributed by atoms with E-state index in [-0.39, 0.29) is 5.91 Å². The maximum atomic E-state index is 12.7. The molecule has 1 aromatic rings. The molecule has 0 spiro atoms. The number of benzene rings is 1. The highest BCUT2D eigenvalue weighted by Gasteiger charge is 2.39. The van der Waals surface area contributed by atoms with Crippen LogP contribution in [0.5, 0.6) is 0 Å². The van der Waals surface area contributed by atoms with Crippen LogP contribution >= 0.6 is 0 Å². The lowest BCUT2D eigenvalue weighted by Crippen LogP contribution is -2.55. The topological polar surface area (TPSA) is 58.2 Å². The van der Waals surface area contributed by atoms with Crippen molar-refractivity contribution in [2.24, 2.45) is 0 Å². The van der Waals surface area contributed by atoms with Gasteiger partial charge in [-0.05, 0) is 37.8 Å². The van der Waals surface area contributed by atoms with E-state index in [1.807, 2.05) is 32.0 Å². The molecule has 0 unspecified atom stereocenters. The fraction of sp³-hybridized carbons (Fsp3) is 0.500. The summed E-state index contributed by atoms with van der Waals surface area (Å²) in [7, 11) is 0. The molecule has 0 atom stereocenters. The van der Waals surface area contributed by atoms with E-state index in [0.29, 0.717) is 19.3 Å². The molecule has 0 heterocycles. The van der Waals surface area contributed by atoms with Gasteiger partial charge in [-0.1, -0.05) is 37.5 Å². The fourth-order valence-electron chi connectivity index (χ4n) is 2.95. The van der Waals surface area contributed by atoms with E-state index >= 15 is 0 Å². The zero-order chi connectivity index (χ0) is 14.6. The minimum absolute atomic E-state index is 0.0956. The maximum absolute atomic E-state index is 12.7. The average Bonchev–Trinajstić information content (AvgIpc) is 2.44. The van der Waals surface area contributed by atoms with Crippen LogP contribution in [0.25, 0.3) is 0 Å². The molecule has 0 aliphatic heterocycles. The molecule has 0 bridgehead atoms. The van der Waals surface area contributed by atoms with Gasteiger partial charge in [0.05, 0.1) is 0 Å². The minimum atomic E-state index is -0.741. The van der Waals surface area contributed by atoms with Crippen LogP contribution in [0.1, 0.15) is 43.2 Å². The summed E-state index contributed by atoms with van der Waals surface area (Å²) in [5.41, 5.74) is 2.19. The van der Waals surface area contributed by atoms with Gasteiger partial charge in [0.15, 0.2) is 0 Å². The van der Waals surface area contributed by atoms with Crippen LogP contribution in [0.3, 0.4) is 0 Å². The van der Waals surface area contributed by atoms with E-state index in [1.54, 1.807) is 0 Å². The Morgan fingerprint density at radius 1 is 1.15 bits per heavy atom. The highest BCUT2D eigenvalue weighted by molar-refractivity contribution is 6.00. The third kappa shape index (κ3) is 2.84. The molecule has 1 aromatic carbocycles. The second-order valence-corrected chi connectivity index (χ2v) is 5.63. The Balaban J connectivity index is 2.22. The molecule has 2 N–H and O–H groups in total. The molecule has 0 radical (unpaired) electrons. The van der Waals surface area contributed by atoms with E-state index in [1.165, 1.54) is 0 Å². The summed E-state index contributed by atoms with van der Waals surface area (Å²) in [4.78, 5) is 23.5. The number of carbonyl (C=O) groups is 2. The van der Waals surface area contributed by atoms with Gasteiger partial charge in [-0.15, -0.1) is 0 Å². The van der Waals surface area contributed by atoms with Crippen LogP contribution in [0.2, 0.25) is 0 Å². The van der Waals surface area contributed by atoms with Gasteiger partial charge < -0.3 is 10.6 Å². The van der Waals surface area contributed by atoms with Crippen molar-refractivity contribution in [3.63, 3.8) is 0 Å². The lowest BCUT2D eigenvalue weighted by molar-refractivity contribution is -0.127. The molecular formula is C16H22N2O2. The molecule has 4 nitrogen and oxygen atoms in total. The number of anilines is 1. The predicted molar refractivity (Wildman–Crippen MR) is 79.6 cm³/mol. The number of hydrogen-bond acceptors (Lipinski definition) is 2. The summed E-state index contributed by atoms with van der Waals surface area (Å²) in [5.74, 6) is -0.0956. The first-order valence-electron chi connectivity index (χ1n) is 7.18. The minimum Gasteiger partial charge on any atom is -0.344 e. The Kier molecular flexibility index (Phi) is 4.42. The van der Waals surface area contributed by atoms with Crippen molar-refractivity contribution in [1.82, 2.24) is 5.32 Å². The van der Waals surface area contributed by atoms with Gasteiger partial charge in [0.25, 0.3) is 0 Å². The van der Waals surface area contributed by atoms with Crippen molar-refractivity contribution in [3.05, 3.63) is 29.3 Å². The van der Waals surface area contributed by atoms with Gasteiger partial charge >= 0.3 is 0 Å². The van der Waals surface area contributed by atoms with Crippen LogP contribution < -0.4 is 10.6 Å². The number of hydrogen-bond donors (Lipinski definition) is 2. The van der Waals surface area contributed by atoms with Gasteiger partial charge in [0, 0.05) is 5.69 Å². The summed E-state index contributed by atoms with van der Waals surface area (Å²) in [5, 5.41) is 5.78. The van der Waals surface area contributed by atoms with Crippen molar-refractivity contribution in [1.29, 1.82) is 0 Å². The normalized spacial score (nSPS) is 17.3. The highest BCUT2D eigenvalue weighted by Crippen LogP contribution is 2.30. The zero-order valence-corrected chi connectivity index (χ0v) is 12.2. The van der Waals surface area contributed by atoms with Crippen LogP contribution in [0, 0.1) is 13.8 Å². The van der Waals surface area contributed by atoms with Crippen LogP contribution in [0.15, 0.2) is 18.2 Å². The Hall–Kier alpha value is -1.84. The first kappa shape index (κ1) is 14.6. The van der Waals surface area contributed by atoms with Gasteiger partial charge in [-0.2, -0.15) is 0 Å². The smallest absolute Gasteiger partial charge is 0.250 e. The number of amides is 2. The second kappa shape index (κ2) is 6.07. The molecule has 2 rings (SSSR count). The molecule has 1 aliphatic rings. The summed E-state index contributed by atoms with van der Waals surface area (Å²) in [6, 6.07) is 5.92. The van der Waals surface area contributed by atoms with Gasteiger partial charge in [0.1, 0.15) is 5.54 Å². The summed E-state index contributed by atoms with van der Waals surface area (Å²) in [6.07, 6.45) is 5.14. The summed E-state index contributed by atoms with van der Waals surface area (Å²) in [6.45, 7) is 3.95. The first-order chi connectivity index (χ1) is 9.59. The Morgan fingerprint density at radius 2 is 1.75 bits per heavy atom. The van der Waals surface area contributed by atoms with E-state index < -0.39 is 5.54 Å². The van der Waals surface area contributed by atoms with Crippen LogP contribution in [0.4, 0.5) is 5.69 Å². The maximum Gasteiger partial charge on any atom is 0.250 e. The van der Waals surface area contributed by atoms with Crippen molar-refractivity contribution >= 4 is 18.0 Å². The molecule has 20 heavy (non-hydrogen) atoms. The molecule has 108 valence electrons. The lowest BCUT2D eigenvalue weighted by Gasteiger charge is -2.35. The number of nitrogens with one attached hydrogen (secondary N) is 2. The predicted octanol–water partition coefficient (Wildman–Crippen LogP) is 2.69. The molecular weight excluding hydrogens is 252 g/mol. The SMILES string of the molecule is Cc1cccc(C)c1NC(=O)C1(NC=O)CCCCC1. The first-order valence-corrected chi connectivity index (χ1v) is 7.18. The third-order valence-electron chi connectivity index (χ3n) is 4.20. The molecule has 2 amide bonds. The van der Waals surface area contributed by atoms with E-state index in [2.05, 4.69) is 10.6 Å². The largest absolute Gasteiger partial charge is 0.344 e. The van der Waals surface area contributed by atoms with Gasteiger partial charge in [-0.3, -0.25) is 9.59 Å². The number of carbonyl (C=O) groups excluding carboxylic acids is 2. The fourth-order valence-corrected chi connectivity index (χ4v) is 2.95. The van der Waals surface area contributed by atoms with E-state index in [0.717, 1.165) is 36.1 Å². The van der Waals surface area contributed by atoms with Crippen LogP contribution in [-0.2, 0) is 9.59 Å². The van der Waals surface area contributed by atoms with Crippen molar-refractivity contribution in [2.45, 2.75) is 51.5 Å². The third-order valence-corrected chi connectivity index (χ3v) is 4.20. The molecule has 1 saturated carbocycles. The Morgan fingerprint density at radius 3 is 2.30 bits per heavy atom. The molecule has 0 saturated heterocycles. The quantitative estimate of drug-likeness (QED) is 0.829. The molecule has 1 aliphatic carbocycles. The Labute approximate surface area is 119 Å². The van der Waals surface area contributed by atoms with Gasteiger partial charge in [-0.25, -0.2) is 0 Å². The van der Waals surface area contributed by atoms with Gasteiger partial charge in [0.2, 0.25) is 12.3 Å². The average molecular weight is 274 g/mol. The monoisotopic (exact) mass is 274 g/mol. The lowest BCUT2D eigenvalue weighted by atomic mass is 9.81. The van der Waals surface area contributed by atoms with Crippen LogP contribution in [-0.4, -0.2) is 17.9 Å². The molecule has 1 fully saturated rings. The van der Waals surface area contributed by atoms with Crippen molar-refractivity contribution in [3.8, 4) is 0 Å². The number of para-hydroxylation sites is 1. The van der Waals surface area contributed by atoms with E-state index in [9.17, 15) is 9.59 Å². The standard InChI is InChI=1S/C16H22N2O2/c1-12-7-6-8-13(2)14(12)18-15(20)16(17-11-19)9-4-3-5-10-16/h6-8,11H,3-5,9-10H2,1-2H3,(H,17,19)(H,18,20). The second-order valence-electron chi connectivity index (χ2n) is 5.63. The van der Waals surface area contributed by atoms with Crippen molar-refractivity contribution < 1.29 is 9.59 Å². The van der Waals surface area contributed by atoms with E-state index in [4.69, 9.17) is 0 Å².